The first kappa shape index (κ1) is 15.5. The molecule has 2 amide bonds. The third-order valence-corrected chi connectivity index (χ3v) is 3.60. The molecule has 0 aromatic heterocycles. The predicted octanol–water partition coefficient (Wildman–Crippen LogP) is 2.36. The van der Waals surface area contributed by atoms with Gasteiger partial charge in [-0.05, 0) is 50.6 Å². The van der Waals surface area contributed by atoms with Crippen molar-refractivity contribution in [2.45, 2.75) is 32.6 Å². The zero-order chi connectivity index (χ0) is 15.1. The van der Waals surface area contributed by atoms with Gasteiger partial charge in [-0.2, -0.15) is 0 Å². The molecule has 0 spiro atoms. The van der Waals surface area contributed by atoms with Crippen molar-refractivity contribution in [1.82, 2.24) is 5.32 Å². The minimum Gasteiger partial charge on any atom is -0.326 e. The molecule has 0 saturated carbocycles. The molecule has 0 unspecified atom stereocenters. The molecule has 1 aromatic carbocycles. The lowest BCUT2D eigenvalue weighted by molar-refractivity contribution is -0.120. The molecule has 0 atom stereocenters. The molecule has 1 aliphatic rings. The third-order valence-electron chi connectivity index (χ3n) is 3.60. The molecule has 5 heteroatoms. The van der Waals surface area contributed by atoms with E-state index in [1.54, 1.807) is 6.07 Å². The molecule has 1 heterocycles. The second-order valence-corrected chi connectivity index (χ2v) is 5.39. The van der Waals surface area contributed by atoms with Gasteiger partial charge in [-0.1, -0.05) is 13.0 Å². The minimum absolute atomic E-state index is 0.000619. The van der Waals surface area contributed by atoms with Crippen molar-refractivity contribution in [2.75, 3.05) is 23.7 Å². The summed E-state index contributed by atoms with van der Waals surface area (Å²) >= 11 is 0. The van der Waals surface area contributed by atoms with E-state index in [2.05, 4.69) is 16.0 Å². The molecule has 0 radical (unpaired) electrons. The molecular formula is C16H23N3O2. The highest BCUT2D eigenvalue weighted by molar-refractivity contribution is 5.95. The fourth-order valence-electron chi connectivity index (χ4n) is 2.45. The summed E-state index contributed by atoms with van der Waals surface area (Å²) in [5, 5.41) is 9.02. The first-order valence-corrected chi connectivity index (χ1v) is 7.60. The average Bonchev–Trinajstić information content (AvgIpc) is 2.48. The second kappa shape index (κ2) is 7.78. The van der Waals surface area contributed by atoms with Gasteiger partial charge < -0.3 is 16.0 Å². The summed E-state index contributed by atoms with van der Waals surface area (Å²) in [4.78, 5) is 23.8. The van der Waals surface area contributed by atoms with Crippen LogP contribution < -0.4 is 16.0 Å². The van der Waals surface area contributed by atoms with Crippen LogP contribution in [0.2, 0.25) is 0 Å². The van der Waals surface area contributed by atoms with E-state index in [9.17, 15) is 9.59 Å². The Hall–Kier alpha value is -1.88. The molecule has 21 heavy (non-hydrogen) atoms. The summed E-state index contributed by atoms with van der Waals surface area (Å²) in [6.45, 7) is 3.76. The van der Waals surface area contributed by atoms with Crippen LogP contribution in [-0.4, -0.2) is 24.9 Å². The second-order valence-electron chi connectivity index (χ2n) is 5.39. The van der Waals surface area contributed by atoms with Crippen molar-refractivity contribution < 1.29 is 9.59 Å². The van der Waals surface area contributed by atoms with Gasteiger partial charge in [0.15, 0.2) is 0 Å². The Morgan fingerprint density at radius 3 is 2.52 bits per heavy atom. The highest BCUT2D eigenvalue weighted by atomic mass is 16.2. The summed E-state index contributed by atoms with van der Waals surface area (Å²) in [7, 11) is 0. The number of rotatable bonds is 5. The van der Waals surface area contributed by atoms with Crippen LogP contribution in [0.3, 0.4) is 0 Å². The standard InChI is InChI=1S/C16H23N3O2/c1-2-4-15(20)18-13-5-3-6-14(11-13)19-16(21)12-7-9-17-10-8-12/h3,5-6,11-12,17H,2,4,7-10H2,1H3,(H,18,20)(H,19,21). The Kier molecular flexibility index (Phi) is 5.75. The van der Waals surface area contributed by atoms with Crippen LogP contribution in [0.15, 0.2) is 24.3 Å². The first-order chi connectivity index (χ1) is 10.2. The number of piperidine rings is 1. The van der Waals surface area contributed by atoms with Gasteiger partial charge in [0.2, 0.25) is 11.8 Å². The molecular weight excluding hydrogens is 266 g/mol. The summed E-state index contributed by atoms with van der Waals surface area (Å²) in [5.74, 6) is 0.137. The van der Waals surface area contributed by atoms with Crippen LogP contribution in [0.1, 0.15) is 32.6 Å². The molecule has 0 bridgehead atoms. The van der Waals surface area contributed by atoms with Crippen LogP contribution >= 0.6 is 0 Å². The van der Waals surface area contributed by atoms with Crippen molar-refractivity contribution in [3.05, 3.63) is 24.3 Å². The smallest absolute Gasteiger partial charge is 0.227 e. The van der Waals surface area contributed by atoms with E-state index in [4.69, 9.17) is 0 Å². The molecule has 1 fully saturated rings. The van der Waals surface area contributed by atoms with Crippen LogP contribution in [0.25, 0.3) is 0 Å². The lowest BCUT2D eigenvalue weighted by Gasteiger charge is -2.21. The maximum absolute atomic E-state index is 12.2. The van der Waals surface area contributed by atoms with E-state index in [0.29, 0.717) is 6.42 Å². The molecule has 1 aromatic rings. The van der Waals surface area contributed by atoms with Gasteiger partial charge in [0.05, 0.1) is 0 Å². The number of anilines is 2. The van der Waals surface area contributed by atoms with Crippen molar-refractivity contribution in [3.8, 4) is 0 Å². The number of carbonyl (C=O) groups excluding carboxylic acids is 2. The van der Waals surface area contributed by atoms with Crippen molar-refractivity contribution in [1.29, 1.82) is 0 Å². The highest BCUT2D eigenvalue weighted by Gasteiger charge is 2.20. The summed E-state index contributed by atoms with van der Waals surface area (Å²) in [6, 6.07) is 7.30. The van der Waals surface area contributed by atoms with Gasteiger partial charge in [0.25, 0.3) is 0 Å². The van der Waals surface area contributed by atoms with Crippen LogP contribution in [0.4, 0.5) is 11.4 Å². The van der Waals surface area contributed by atoms with E-state index in [-0.39, 0.29) is 17.7 Å². The van der Waals surface area contributed by atoms with Crippen molar-refractivity contribution in [3.63, 3.8) is 0 Å². The zero-order valence-electron chi connectivity index (χ0n) is 12.4. The Balaban J connectivity index is 1.93. The summed E-state index contributed by atoms with van der Waals surface area (Å²) < 4.78 is 0. The Labute approximate surface area is 125 Å². The van der Waals surface area contributed by atoms with Crippen LogP contribution in [-0.2, 0) is 9.59 Å². The molecule has 2 rings (SSSR count). The quantitative estimate of drug-likeness (QED) is 0.779. The lowest BCUT2D eigenvalue weighted by Crippen LogP contribution is -2.34. The van der Waals surface area contributed by atoms with E-state index in [1.165, 1.54) is 0 Å². The lowest BCUT2D eigenvalue weighted by atomic mass is 9.97. The van der Waals surface area contributed by atoms with Gasteiger partial charge in [-0.15, -0.1) is 0 Å². The monoisotopic (exact) mass is 289 g/mol. The summed E-state index contributed by atoms with van der Waals surface area (Å²) in [6.07, 6.45) is 3.07. The molecule has 1 saturated heterocycles. The average molecular weight is 289 g/mol. The van der Waals surface area contributed by atoms with E-state index >= 15 is 0 Å². The fourth-order valence-corrected chi connectivity index (χ4v) is 2.45. The number of benzene rings is 1. The largest absolute Gasteiger partial charge is 0.326 e. The van der Waals surface area contributed by atoms with Gasteiger partial charge in [-0.3, -0.25) is 9.59 Å². The SMILES string of the molecule is CCCC(=O)Nc1cccc(NC(=O)C2CCNCC2)c1. The van der Waals surface area contributed by atoms with Gasteiger partial charge >= 0.3 is 0 Å². The predicted molar refractivity (Wildman–Crippen MR) is 84.2 cm³/mol. The van der Waals surface area contributed by atoms with E-state index in [0.717, 1.165) is 43.7 Å². The van der Waals surface area contributed by atoms with Crippen LogP contribution in [0.5, 0.6) is 0 Å². The van der Waals surface area contributed by atoms with E-state index < -0.39 is 0 Å². The Bertz CT molecular complexity index is 496. The number of amides is 2. The summed E-state index contributed by atoms with van der Waals surface area (Å²) in [5.41, 5.74) is 1.45. The number of hydrogen-bond donors (Lipinski definition) is 3. The fraction of sp³-hybridized carbons (Fsp3) is 0.500. The molecule has 5 nitrogen and oxygen atoms in total. The zero-order valence-corrected chi connectivity index (χ0v) is 12.4. The van der Waals surface area contributed by atoms with Crippen molar-refractivity contribution >= 4 is 23.2 Å². The first-order valence-electron chi connectivity index (χ1n) is 7.60. The third kappa shape index (κ3) is 4.86. The highest BCUT2D eigenvalue weighted by Crippen LogP contribution is 2.19. The number of hydrogen-bond acceptors (Lipinski definition) is 3. The van der Waals surface area contributed by atoms with Gasteiger partial charge in [0, 0.05) is 23.7 Å². The Morgan fingerprint density at radius 2 is 1.86 bits per heavy atom. The van der Waals surface area contributed by atoms with Crippen LogP contribution in [0, 0.1) is 5.92 Å². The minimum atomic E-state index is -0.000619. The number of carbonyl (C=O) groups is 2. The maximum atomic E-state index is 12.2. The number of nitrogens with one attached hydrogen (secondary N) is 3. The topological polar surface area (TPSA) is 70.2 Å². The van der Waals surface area contributed by atoms with Crippen molar-refractivity contribution in [2.24, 2.45) is 5.92 Å². The molecule has 114 valence electrons. The molecule has 0 aliphatic carbocycles. The molecule has 3 N–H and O–H groups in total. The normalized spacial score (nSPS) is 15.5. The van der Waals surface area contributed by atoms with Gasteiger partial charge in [-0.25, -0.2) is 0 Å². The molecule has 1 aliphatic heterocycles. The van der Waals surface area contributed by atoms with E-state index in [1.807, 2.05) is 25.1 Å². The Morgan fingerprint density at radius 1 is 1.19 bits per heavy atom. The maximum Gasteiger partial charge on any atom is 0.227 e. The van der Waals surface area contributed by atoms with Gasteiger partial charge in [0.1, 0.15) is 0 Å².